The standard InChI is InChI=1S/C31H43NO4.2C2H6/c1-8-10-12-13-24-20-27(35-29(33)14-11-9-2)31(26-19-23(5)15-16-25(26)22(3)4)28(21-24)36-30(34)17-18-32(6)7;2*1-2/h2,19-21,25-26H,3,8,10-18H2,1,4-7H3;2*1-2H3. The van der Waals surface area contributed by atoms with Crippen LogP contribution in [-0.2, 0) is 16.0 Å². The zero-order valence-corrected chi connectivity index (χ0v) is 26.8. The largest absolute Gasteiger partial charge is 0.426 e. The van der Waals surface area contributed by atoms with Gasteiger partial charge < -0.3 is 14.4 Å². The quantitative estimate of drug-likeness (QED) is 0.0804. The molecule has 0 fully saturated rings. The molecular weight excluding hydrogens is 498 g/mol. The van der Waals surface area contributed by atoms with E-state index in [1.165, 1.54) is 5.57 Å². The van der Waals surface area contributed by atoms with E-state index in [1.54, 1.807) is 0 Å². The Hall–Kier alpha value is -2.84. The Morgan fingerprint density at radius 3 is 2.12 bits per heavy atom. The predicted molar refractivity (Wildman–Crippen MR) is 169 cm³/mol. The molecule has 5 heteroatoms. The van der Waals surface area contributed by atoms with Crippen LogP contribution < -0.4 is 9.47 Å². The minimum absolute atomic E-state index is 0.104. The van der Waals surface area contributed by atoms with E-state index in [-0.39, 0.29) is 36.6 Å². The average Bonchev–Trinajstić information content (AvgIpc) is 2.93. The SMILES string of the molecule is C#CCCC(=O)Oc1cc(CCCCC)cc(OC(=O)CCN(C)C)c1C1C=C(C)CCC1C(=C)C.CC.CC. The summed E-state index contributed by atoms with van der Waals surface area (Å²) in [6.45, 7) is 19.1. The maximum Gasteiger partial charge on any atom is 0.312 e. The topological polar surface area (TPSA) is 55.8 Å². The van der Waals surface area contributed by atoms with E-state index in [0.29, 0.717) is 24.5 Å². The van der Waals surface area contributed by atoms with E-state index < -0.39 is 0 Å². The van der Waals surface area contributed by atoms with Crippen molar-refractivity contribution in [3.63, 3.8) is 0 Å². The van der Waals surface area contributed by atoms with E-state index in [0.717, 1.165) is 55.2 Å². The Balaban J connectivity index is 0.00000363. The van der Waals surface area contributed by atoms with Gasteiger partial charge in [-0.3, -0.25) is 9.59 Å². The fourth-order valence-corrected chi connectivity index (χ4v) is 4.62. The number of hydrogen-bond donors (Lipinski definition) is 0. The molecular formula is C35H55NO4. The summed E-state index contributed by atoms with van der Waals surface area (Å²) in [6, 6.07) is 3.91. The van der Waals surface area contributed by atoms with Crippen molar-refractivity contribution in [3.05, 3.63) is 47.1 Å². The number of ether oxygens (including phenoxy) is 2. The molecule has 1 aromatic carbocycles. The molecule has 1 aliphatic rings. The highest BCUT2D eigenvalue weighted by molar-refractivity contribution is 5.76. The first kappa shape index (κ1) is 37.2. The van der Waals surface area contributed by atoms with Crippen molar-refractivity contribution in [3.8, 4) is 23.8 Å². The van der Waals surface area contributed by atoms with Gasteiger partial charge in [-0.15, -0.1) is 12.3 Å². The van der Waals surface area contributed by atoms with E-state index in [1.807, 2.05) is 65.7 Å². The number of carbonyl (C=O) groups is 2. The number of terminal acetylenes is 1. The number of benzene rings is 1. The molecule has 2 unspecified atom stereocenters. The molecule has 0 saturated heterocycles. The summed E-state index contributed by atoms with van der Waals surface area (Å²) in [4.78, 5) is 27.5. The van der Waals surface area contributed by atoms with E-state index in [4.69, 9.17) is 15.9 Å². The lowest BCUT2D eigenvalue weighted by Crippen LogP contribution is -2.22. The maximum atomic E-state index is 12.9. The number of aryl methyl sites for hydroxylation is 1. The summed E-state index contributed by atoms with van der Waals surface area (Å²) in [5, 5.41) is 0. The van der Waals surface area contributed by atoms with Gasteiger partial charge in [-0.2, -0.15) is 0 Å². The molecule has 0 amide bonds. The van der Waals surface area contributed by atoms with Crippen LogP contribution >= 0.6 is 0 Å². The first-order valence-electron chi connectivity index (χ1n) is 15.1. The smallest absolute Gasteiger partial charge is 0.312 e. The summed E-state index contributed by atoms with van der Waals surface area (Å²) < 4.78 is 12.0. The van der Waals surface area contributed by atoms with Crippen LogP contribution in [0.5, 0.6) is 11.5 Å². The van der Waals surface area contributed by atoms with Crippen molar-refractivity contribution in [1.82, 2.24) is 4.90 Å². The van der Waals surface area contributed by atoms with Gasteiger partial charge in [0.25, 0.3) is 0 Å². The lowest BCUT2D eigenvalue weighted by atomic mass is 9.73. The molecule has 0 bridgehead atoms. The Morgan fingerprint density at radius 1 is 1.05 bits per heavy atom. The predicted octanol–water partition coefficient (Wildman–Crippen LogP) is 8.66. The fourth-order valence-electron chi connectivity index (χ4n) is 4.62. The zero-order valence-electron chi connectivity index (χ0n) is 26.8. The van der Waals surface area contributed by atoms with E-state index >= 15 is 0 Å². The van der Waals surface area contributed by atoms with Crippen molar-refractivity contribution in [2.24, 2.45) is 5.92 Å². The molecule has 0 spiro atoms. The van der Waals surface area contributed by atoms with Gasteiger partial charge >= 0.3 is 11.9 Å². The van der Waals surface area contributed by atoms with Gasteiger partial charge in [0.1, 0.15) is 11.5 Å². The Kier molecular flexibility index (Phi) is 19.5. The van der Waals surface area contributed by atoms with Gasteiger partial charge in [0.05, 0.1) is 12.8 Å². The fraction of sp³-hybridized carbons (Fsp3) is 0.600. The van der Waals surface area contributed by atoms with E-state index in [9.17, 15) is 9.59 Å². The van der Waals surface area contributed by atoms with Gasteiger partial charge in [0.15, 0.2) is 0 Å². The van der Waals surface area contributed by atoms with Crippen LogP contribution in [0.1, 0.15) is 117 Å². The minimum atomic E-state index is -0.381. The molecule has 0 aliphatic heterocycles. The summed E-state index contributed by atoms with van der Waals surface area (Å²) >= 11 is 0. The normalized spacial score (nSPS) is 15.9. The molecule has 40 heavy (non-hydrogen) atoms. The highest BCUT2D eigenvalue weighted by atomic mass is 16.5. The van der Waals surface area contributed by atoms with Crippen LogP contribution in [0.15, 0.2) is 35.9 Å². The third-order valence-corrected chi connectivity index (χ3v) is 6.63. The lowest BCUT2D eigenvalue weighted by molar-refractivity contribution is -0.134. The number of allylic oxidation sites excluding steroid dienone is 3. The monoisotopic (exact) mass is 553 g/mol. The van der Waals surface area contributed by atoms with Gasteiger partial charge in [0, 0.05) is 24.4 Å². The van der Waals surface area contributed by atoms with Crippen molar-refractivity contribution < 1.29 is 19.1 Å². The number of esters is 2. The van der Waals surface area contributed by atoms with Crippen LogP contribution in [0.25, 0.3) is 0 Å². The zero-order chi connectivity index (χ0) is 30.7. The van der Waals surface area contributed by atoms with Crippen LogP contribution in [0.2, 0.25) is 0 Å². The second-order valence-corrected chi connectivity index (χ2v) is 10.2. The van der Waals surface area contributed by atoms with Crippen molar-refractivity contribution in [2.45, 2.75) is 112 Å². The summed E-state index contributed by atoms with van der Waals surface area (Å²) in [7, 11) is 3.85. The first-order valence-corrected chi connectivity index (χ1v) is 15.1. The van der Waals surface area contributed by atoms with Crippen LogP contribution in [0.3, 0.4) is 0 Å². The first-order chi connectivity index (χ1) is 19.2. The second-order valence-electron chi connectivity index (χ2n) is 10.2. The lowest BCUT2D eigenvalue weighted by Gasteiger charge is -2.32. The Bertz CT molecular complexity index is 999. The summed E-state index contributed by atoms with van der Waals surface area (Å²) in [5.74, 6) is 2.81. The average molecular weight is 554 g/mol. The molecule has 0 radical (unpaired) electrons. The second kappa shape index (κ2) is 21.0. The number of unbranched alkanes of at least 4 members (excludes halogenated alkanes) is 2. The third kappa shape index (κ3) is 13.0. The number of hydrogen-bond acceptors (Lipinski definition) is 5. The van der Waals surface area contributed by atoms with Crippen molar-refractivity contribution >= 4 is 11.9 Å². The molecule has 5 nitrogen and oxygen atoms in total. The molecule has 1 aromatic rings. The molecule has 0 heterocycles. The Morgan fingerprint density at radius 2 is 1.62 bits per heavy atom. The van der Waals surface area contributed by atoms with Gasteiger partial charge in [-0.25, -0.2) is 0 Å². The van der Waals surface area contributed by atoms with Crippen molar-refractivity contribution in [1.29, 1.82) is 0 Å². The highest BCUT2D eigenvalue weighted by Crippen LogP contribution is 2.47. The molecule has 0 N–H and O–H groups in total. The van der Waals surface area contributed by atoms with Crippen LogP contribution in [0, 0.1) is 18.3 Å². The number of carbonyl (C=O) groups excluding carboxylic acids is 2. The van der Waals surface area contributed by atoms with Gasteiger partial charge in [-0.1, -0.05) is 71.3 Å². The van der Waals surface area contributed by atoms with Gasteiger partial charge in [0.2, 0.25) is 0 Å². The molecule has 2 atom stereocenters. The van der Waals surface area contributed by atoms with Crippen LogP contribution in [-0.4, -0.2) is 37.5 Å². The minimum Gasteiger partial charge on any atom is -0.426 e. The summed E-state index contributed by atoms with van der Waals surface area (Å²) in [6.07, 6.45) is 14.2. The number of nitrogens with zero attached hydrogens (tertiary/aromatic N) is 1. The third-order valence-electron chi connectivity index (χ3n) is 6.63. The molecule has 0 saturated carbocycles. The summed E-state index contributed by atoms with van der Waals surface area (Å²) in [5.41, 5.74) is 4.06. The molecule has 224 valence electrons. The van der Waals surface area contributed by atoms with Crippen LogP contribution in [0.4, 0.5) is 0 Å². The van der Waals surface area contributed by atoms with E-state index in [2.05, 4.69) is 32.4 Å². The molecule has 2 rings (SSSR count). The highest BCUT2D eigenvalue weighted by Gasteiger charge is 2.32. The van der Waals surface area contributed by atoms with Crippen molar-refractivity contribution in [2.75, 3.05) is 20.6 Å². The molecule has 1 aliphatic carbocycles. The number of rotatable bonds is 13. The molecule has 0 aromatic heterocycles. The maximum absolute atomic E-state index is 12.9. The Labute approximate surface area is 245 Å². The van der Waals surface area contributed by atoms with Gasteiger partial charge in [-0.05, 0) is 77.2 Å².